The molecule has 0 saturated carbocycles. The van der Waals surface area contributed by atoms with E-state index in [1.54, 1.807) is 4.90 Å². The number of halogens is 3. The Hall–Kier alpha value is -3.10. The highest BCUT2D eigenvalue weighted by molar-refractivity contribution is 5.79. The number of nitrogens with zero attached hydrogens (tertiary/aromatic N) is 3. The van der Waals surface area contributed by atoms with Crippen LogP contribution in [-0.4, -0.2) is 35.4 Å². The summed E-state index contributed by atoms with van der Waals surface area (Å²) in [5.41, 5.74) is -0.411. The summed E-state index contributed by atoms with van der Waals surface area (Å²) in [7, 11) is 0. The Morgan fingerprint density at radius 2 is 1.81 bits per heavy atom. The maximum atomic E-state index is 13.1. The Kier molecular flexibility index (Phi) is 7.37. The number of anilines is 1. The van der Waals surface area contributed by atoms with Crippen LogP contribution in [0.25, 0.3) is 0 Å². The molecular formula is C23H26F3N3O3. The van der Waals surface area contributed by atoms with E-state index >= 15 is 0 Å². The summed E-state index contributed by atoms with van der Waals surface area (Å²) < 4.78 is 38.9. The SMILES string of the molecule is CCCN(Cc1ccccc1)C(=O)C1CCN(c2ccc(C(F)(F)F)cc2[N+](=O)[O-])CC1. The van der Waals surface area contributed by atoms with Crippen LogP contribution in [0.2, 0.25) is 0 Å². The quantitative estimate of drug-likeness (QED) is 0.427. The fraction of sp³-hybridized carbons (Fsp3) is 0.435. The Morgan fingerprint density at radius 1 is 1.16 bits per heavy atom. The van der Waals surface area contributed by atoms with Crippen molar-refractivity contribution in [3.63, 3.8) is 0 Å². The van der Waals surface area contributed by atoms with Crippen LogP contribution in [0, 0.1) is 16.0 Å². The van der Waals surface area contributed by atoms with Crippen molar-refractivity contribution >= 4 is 17.3 Å². The Labute approximate surface area is 184 Å². The van der Waals surface area contributed by atoms with E-state index in [2.05, 4.69) is 0 Å². The fourth-order valence-electron chi connectivity index (χ4n) is 4.08. The predicted octanol–water partition coefficient (Wildman–Crippen LogP) is 5.27. The van der Waals surface area contributed by atoms with Crippen molar-refractivity contribution in [1.29, 1.82) is 0 Å². The Morgan fingerprint density at radius 3 is 2.38 bits per heavy atom. The van der Waals surface area contributed by atoms with Crippen molar-refractivity contribution in [2.45, 2.75) is 38.9 Å². The molecule has 3 rings (SSSR count). The summed E-state index contributed by atoms with van der Waals surface area (Å²) in [5.74, 6) is -0.160. The maximum Gasteiger partial charge on any atom is 0.416 e. The molecule has 1 heterocycles. The molecule has 172 valence electrons. The van der Waals surface area contributed by atoms with Gasteiger partial charge in [0.1, 0.15) is 5.69 Å². The second kappa shape index (κ2) is 10.0. The van der Waals surface area contributed by atoms with Gasteiger partial charge in [0.15, 0.2) is 0 Å². The predicted molar refractivity (Wildman–Crippen MR) is 115 cm³/mol. The lowest BCUT2D eigenvalue weighted by atomic mass is 9.94. The molecule has 0 atom stereocenters. The topological polar surface area (TPSA) is 66.7 Å². The first-order valence-electron chi connectivity index (χ1n) is 10.6. The third kappa shape index (κ3) is 5.57. The van der Waals surface area contributed by atoms with Gasteiger partial charge < -0.3 is 9.80 Å². The summed E-state index contributed by atoms with van der Waals surface area (Å²) in [5, 5.41) is 11.4. The van der Waals surface area contributed by atoms with Crippen LogP contribution in [0.5, 0.6) is 0 Å². The lowest BCUT2D eigenvalue weighted by Gasteiger charge is -2.35. The van der Waals surface area contributed by atoms with E-state index in [0.29, 0.717) is 45.1 Å². The van der Waals surface area contributed by atoms with Crippen molar-refractivity contribution in [3.05, 3.63) is 69.8 Å². The molecule has 1 amide bonds. The van der Waals surface area contributed by atoms with Crippen LogP contribution < -0.4 is 4.90 Å². The van der Waals surface area contributed by atoms with Crippen molar-refractivity contribution in [2.75, 3.05) is 24.5 Å². The number of benzene rings is 2. The molecule has 1 aliphatic heterocycles. The molecule has 0 N–H and O–H groups in total. The zero-order valence-corrected chi connectivity index (χ0v) is 17.8. The van der Waals surface area contributed by atoms with Gasteiger partial charge in [-0.3, -0.25) is 14.9 Å². The first-order valence-corrected chi connectivity index (χ1v) is 10.6. The number of nitro benzene ring substituents is 1. The normalized spacial score (nSPS) is 14.9. The van der Waals surface area contributed by atoms with E-state index < -0.39 is 22.4 Å². The van der Waals surface area contributed by atoms with Gasteiger partial charge in [-0.15, -0.1) is 0 Å². The second-order valence-electron chi connectivity index (χ2n) is 7.97. The smallest absolute Gasteiger partial charge is 0.366 e. The molecule has 1 fully saturated rings. The van der Waals surface area contributed by atoms with Gasteiger partial charge in [-0.05, 0) is 37.0 Å². The van der Waals surface area contributed by atoms with Crippen LogP contribution in [-0.2, 0) is 17.5 Å². The minimum atomic E-state index is -4.65. The van der Waals surface area contributed by atoms with E-state index in [-0.39, 0.29) is 17.5 Å². The van der Waals surface area contributed by atoms with Crippen LogP contribution in [0.1, 0.15) is 37.3 Å². The summed E-state index contributed by atoms with van der Waals surface area (Å²) in [6.45, 7) is 3.91. The van der Waals surface area contributed by atoms with Gasteiger partial charge in [-0.2, -0.15) is 13.2 Å². The van der Waals surface area contributed by atoms with E-state index in [9.17, 15) is 28.1 Å². The third-order valence-electron chi connectivity index (χ3n) is 5.71. The zero-order chi connectivity index (χ0) is 23.3. The summed E-state index contributed by atoms with van der Waals surface area (Å²) in [4.78, 5) is 27.3. The van der Waals surface area contributed by atoms with Gasteiger partial charge in [0, 0.05) is 38.2 Å². The molecule has 0 bridgehead atoms. The molecule has 0 spiro atoms. The molecule has 0 radical (unpaired) electrons. The van der Waals surface area contributed by atoms with E-state index in [0.717, 1.165) is 24.1 Å². The maximum absolute atomic E-state index is 13.1. The van der Waals surface area contributed by atoms with Crippen molar-refractivity contribution < 1.29 is 22.9 Å². The summed E-state index contributed by atoms with van der Waals surface area (Å²) in [6.07, 6.45) is -2.84. The first-order chi connectivity index (χ1) is 15.2. The lowest BCUT2D eigenvalue weighted by Crippen LogP contribution is -2.42. The first kappa shape index (κ1) is 23.6. The minimum Gasteiger partial charge on any atom is -0.366 e. The average Bonchev–Trinajstić information content (AvgIpc) is 2.78. The van der Waals surface area contributed by atoms with Gasteiger partial charge in [0.2, 0.25) is 5.91 Å². The molecule has 9 heteroatoms. The van der Waals surface area contributed by atoms with Crippen molar-refractivity contribution in [3.8, 4) is 0 Å². The fourth-order valence-corrected chi connectivity index (χ4v) is 4.08. The molecule has 0 aromatic heterocycles. The van der Waals surface area contributed by atoms with Gasteiger partial charge in [0.05, 0.1) is 10.5 Å². The standard InChI is InChI=1S/C23H26F3N3O3/c1-2-12-28(16-17-6-4-3-5-7-17)22(30)18-10-13-27(14-11-18)20-9-8-19(23(24,25)26)15-21(20)29(31)32/h3-9,15,18H,2,10-14,16H2,1H3. The highest BCUT2D eigenvalue weighted by Crippen LogP contribution is 2.37. The molecule has 32 heavy (non-hydrogen) atoms. The van der Waals surface area contributed by atoms with Crippen molar-refractivity contribution in [2.24, 2.45) is 5.92 Å². The zero-order valence-electron chi connectivity index (χ0n) is 17.8. The molecule has 6 nitrogen and oxygen atoms in total. The van der Waals surface area contributed by atoms with E-state index in [1.807, 2.05) is 42.2 Å². The number of amides is 1. The number of piperidine rings is 1. The molecule has 0 unspecified atom stereocenters. The van der Waals surface area contributed by atoms with Gasteiger partial charge in [0.25, 0.3) is 5.69 Å². The highest BCUT2D eigenvalue weighted by Gasteiger charge is 2.35. The van der Waals surface area contributed by atoms with Crippen LogP contribution in [0.15, 0.2) is 48.5 Å². The molecular weight excluding hydrogens is 423 g/mol. The number of rotatable bonds is 7. The Balaban J connectivity index is 1.70. The van der Waals surface area contributed by atoms with E-state index in [4.69, 9.17) is 0 Å². The largest absolute Gasteiger partial charge is 0.416 e. The second-order valence-corrected chi connectivity index (χ2v) is 7.97. The van der Waals surface area contributed by atoms with Gasteiger partial charge in [-0.25, -0.2) is 0 Å². The molecule has 1 saturated heterocycles. The van der Waals surface area contributed by atoms with Gasteiger partial charge in [-0.1, -0.05) is 37.3 Å². The summed E-state index contributed by atoms with van der Waals surface area (Å²) in [6, 6.07) is 12.3. The number of nitro groups is 1. The molecule has 0 aliphatic carbocycles. The molecule has 2 aromatic carbocycles. The van der Waals surface area contributed by atoms with E-state index in [1.165, 1.54) is 0 Å². The Bertz CT molecular complexity index is 942. The summed E-state index contributed by atoms with van der Waals surface area (Å²) >= 11 is 0. The number of alkyl halides is 3. The number of carbonyl (C=O) groups is 1. The van der Waals surface area contributed by atoms with Crippen LogP contribution >= 0.6 is 0 Å². The third-order valence-corrected chi connectivity index (χ3v) is 5.71. The number of hydrogen-bond acceptors (Lipinski definition) is 4. The average molecular weight is 449 g/mol. The van der Waals surface area contributed by atoms with Gasteiger partial charge >= 0.3 is 6.18 Å². The van der Waals surface area contributed by atoms with Crippen LogP contribution in [0.4, 0.5) is 24.5 Å². The van der Waals surface area contributed by atoms with Crippen LogP contribution in [0.3, 0.4) is 0 Å². The monoisotopic (exact) mass is 449 g/mol. The molecule has 2 aromatic rings. The number of hydrogen-bond donors (Lipinski definition) is 0. The minimum absolute atomic E-state index is 0.0530. The molecule has 1 aliphatic rings. The number of carbonyl (C=O) groups excluding carboxylic acids is 1. The highest BCUT2D eigenvalue weighted by atomic mass is 19.4. The van der Waals surface area contributed by atoms with Crippen molar-refractivity contribution in [1.82, 2.24) is 4.90 Å². The lowest BCUT2D eigenvalue weighted by molar-refractivity contribution is -0.384.